The van der Waals surface area contributed by atoms with Crippen molar-refractivity contribution in [2.45, 2.75) is 75.9 Å². The number of nitrogens with one attached hydrogen (secondary N) is 1. The number of benzene rings is 1. The van der Waals surface area contributed by atoms with Crippen molar-refractivity contribution in [1.29, 1.82) is 0 Å². The third-order valence-electron chi connectivity index (χ3n) is 7.76. The lowest BCUT2D eigenvalue weighted by molar-refractivity contribution is -0.143. The Bertz CT molecular complexity index is 1050. The molecule has 1 unspecified atom stereocenters. The Morgan fingerprint density at radius 2 is 2.08 bits per heavy atom. The first-order valence-electron chi connectivity index (χ1n) is 13.6. The van der Waals surface area contributed by atoms with Gasteiger partial charge in [0.2, 0.25) is 0 Å². The molecule has 7 nitrogen and oxygen atoms in total. The first kappa shape index (κ1) is 25.0. The summed E-state index contributed by atoms with van der Waals surface area (Å²) in [5.74, 6) is 1.47. The molecule has 1 saturated heterocycles. The van der Waals surface area contributed by atoms with Crippen LogP contribution in [0, 0.1) is 0 Å². The predicted octanol–water partition coefficient (Wildman–Crippen LogP) is 4.96. The van der Waals surface area contributed by atoms with Crippen LogP contribution in [-0.4, -0.2) is 60.4 Å². The molecule has 0 radical (unpaired) electrons. The number of carboxylic acid groups (broad SMARTS) is 1. The van der Waals surface area contributed by atoms with E-state index in [1.807, 2.05) is 11.0 Å². The quantitative estimate of drug-likeness (QED) is 0.405. The standard InChI is InChI=1S/C29H39N3O4/c1-35-26-13-11-22(20-8-9-20)18-25(26)27(29(33)34)32-16-14-24(19-32)36-17-4-2-3-7-23-12-10-21-6-5-15-30-28(21)31-23/h10-13,18,20,24,27H,2-9,14-17,19H2,1H3,(H,30,31)(H,33,34)/t24-,27?/m1/s1. The van der Waals surface area contributed by atoms with Gasteiger partial charge in [0, 0.05) is 37.5 Å². The number of pyridine rings is 1. The van der Waals surface area contributed by atoms with Crippen molar-refractivity contribution in [2.75, 3.05) is 38.7 Å². The van der Waals surface area contributed by atoms with Crippen LogP contribution in [-0.2, 0) is 22.4 Å². The maximum atomic E-state index is 12.3. The van der Waals surface area contributed by atoms with E-state index < -0.39 is 12.0 Å². The van der Waals surface area contributed by atoms with Gasteiger partial charge in [-0.2, -0.15) is 0 Å². The van der Waals surface area contributed by atoms with Crippen LogP contribution in [0.4, 0.5) is 5.82 Å². The minimum absolute atomic E-state index is 0.0813. The summed E-state index contributed by atoms with van der Waals surface area (Å²) >= 11 is 0. The number of rotatable bonds is 12. The smallest absolute Gasteiger partial charge is 0.325 e. The highest BCUT2D eigenvalue weighted by Gasteiger charge is 2.36. The summed E-state index contributed by atoms with van der Waals surface area (Å²) in [6, 6.07) is 9.75. The molecule has 194 valence electrons. The zero-order valence-electron chi connectivity index (χ0n) is 21.4. The second-order valence-corrected chi connectivity index (χ2v) is 10.4. The van der Waals surface area contributed by atoms with Crippen LogP contribution >= 0.6 is 0 Å². The Balaban J connectivity index is 1.07. The van der Waals surface area contributed by atoms with Gasteiger partial charge < -0.3 is 19.9 Å². The van der Waals surface area contributed by atoms with E-state index in [9.17, 15) is 9.90 Å². The van der Waals surface area contributed by atoms with Crippen molar-refractivity contribution >= 4 is 11.8 Å². The summed E-state index contributed by atoms with van der Waals surface area (Å²) in [6.07, 6.45) is 9.83. The van der Waals surface area contributed by atoms with Gasteiger partial charge in [-0.25, -0.2) is 4.98 Å². The third kappa shape index (κ3) is 6.01. The lowest BCUT2D eigenvalue weighted by atomic mass is 9.99. The molecule has 2 aromatic rings. The fourth-order valence-electron chi connectivity index (χ4n) is 5.59. The van der Waals surface area contributed by atoms with Crippen LogP contribution in [0.25, 0.3) is 0 Å². The number of unbranched alkanes of at least 4 members (excludes halogenated alkanes) is 2. The van der Waals surface area contributed by atoms with Crippen LogP contribution in [0.2, 0.25) is 0 Å². The zero-order valence-corrected chi connectivity index (χ0v) is 21.4. The number of methoxy groups -OCH3 is 1. The number of carboxylic acids is 1. The molecule has 1 aromatic heterocycles. The van der Waals surface area contributed by atoms with Gasteiger partial charge in [-0.15, -0.1) is 0 Å². The Morgan fingerprint density at radius 1 is 1.19 bits per heavy atom. The molecule has 3 heterocycles. The molecular formula is C29H39N3O4. The topological polar surface area (TPSA) is 83.9 Å². The van der Waals surface area contributed by atoms with E-state index in [0.29, 0.717) is 18.2 Å². The molecule has 1 aromatic carbocycles. The number of aromatic nitrogens is 1. The average molecular weight is 494 g/mol. The molecule has 0 amide bonds. The maximum absolute atomic E-state index is 12.3. The van der Waals surface area contributed by atoms with Crippen molar-refractivity contribution in [3.63, 3.8) is 0 Å². The van der Waals surface area contributed by atoms with E-state index in [0.717, 1.165) is 75.3 Å². The molecular weight excluding hydrogens is 454 g/mol. The molecule has 0 spiro atoms. The van der Waals surface area contributed by atoms with Crippen LogP contribution in [0.15, 0.2) is 30.3 Å². The van der Waals surface area contributed by atoms with E-state index in [1.165, 1.54) is 30.4 Å². The van der Waals surface area contributed by atoms with E-state index in [2.05, 4.69) is 29.6 Å². The second-order valence-electron chi connectivity index (χ2n) is 10.4. The van der Waals surface area contributed by atoms with Gasteiger partial charge in [-0.3, -0.25) is 9.69 Å². The monoisotopic (exact) mass is 493 g/mol. The number of ether oxygens (including phenoxy) is 2. The number of anilines is 1. The van der Waals surface area contributed by atoms with Gasteiger partial charge in [-0.05, 0) is 86.6 Å². The number of likely N-dealkylation sites (tertiary alicyclic amines) is 1. The highest BCUT2D eigenvalue weighted by Crippen LogP contribution is 2.43. The Hall–Kier alpha value is -2.64. The Kier molecular flexibility index (Phi) is 8.07. The average Bonchev–Trinajstić information content (AvgIpc) is 3.65. The predicted molar refractivity (Wildman–Crippen MR) is 140 cm³/mol. The number of fused-ring (bicyclic) bond motifs is 1. The Labute approximate surface area is 214 Å². The van der Waals surface area contributed by atoms with Crippen molar-refractivity contribution in [1.82, 2.24) is 9.88 Å². The van der Waals surface area contributed by atoms with E-state index >= 15 is 0 Å². The first-order chi connectivity index (χ1) is 17.6. The molecule has 2 aliphatic heterocycles. The lowest BCUT2D eigenvalue weighted by Gasteiger charge is -2.26. The fourth-order valence-corrected chi connectivity index (χ4v) is 5.59. The second kappa shape index (κ2) is 11.6. The first-order valence-corrected chi connectivity index (χ1v) is 13.6. The van der Waals surface area contributed by atoms with E-state index in [1.54, 1.807) is 7.11 Å². The minimum atomic E-state index is -0.826. The number of aliphatic carboxylic acids is 1. The normalized spacial score (nSPS) is 20.5. The summed E-state index contributed by atoms with van der Waals surface area (Å²) in [7, 11) is 1.61. The molecule has 5 rings (SSSR count). The summed E-state index contributed by atoms with van der Waals surface area (Å²) in [5.41, 5.74) is 4.49. The summed E-state index contributed by atoms with van der Waals surface area (Å²) in [6.45, 7) is 3.10. The molecule has 2 N–H and O–H groups in total. The van der Waals surface area contributed by atoms with Gasteiger partial charge in [0.05, 0.1) is 13.2 Å². The van der Waals surface area contributed by atoms with Gasteiger partial charge >= 0.3 is 5.97 Å². The van der Waals surface area contributed by atoms with Crippen molar-refractivity contribution in [3.8, 4) is 5.75 Å². The van der Waals surface area contributed by atoms with Gasteiger partial charge in [0.25, 0.3) is 0 Å². The van der Waals surface area contributed by atoms with Crippen molar-refractivity contribution in [3.05, 3.63) is 52.7 Å². The molecule has 1 saturated carbocycles. The highest BCUT2D eigenvalue weighted by atomic mass is 16.5. The maximum Gasteiger partial charge on any atom is 0.325 e. The van der Waals surface area contributed by atoms with Crippen LogP contribution < -0.4 is 10.1 Å². The molecule has 2 atom stereocenters. The summed E-state index contributed by atoms with van der Waals surface area (Å²) in [5, 5.41) is 13.5. The molecule has 7 heteroatoms. The number of carbonyl (C=O) groups is 1. The lowest BCUT2D eigenvalue weighted by Crippen LogP contribution is -2.33. The third-order valence-corrected chi connectivity index (χ3v) is 7.76. The number of nitrogens with zero attached hydrogens (tertiary/aromatic N) is 2. The minimum Gasteiger partial charge on any atom is -0.496 e. The highest BCUT2D eigenvalue weighted by molar-refractivity contribution is 5.77. The molecule has 1 aliphatic carbocycles. The van der Waals surface area contributed by atoms with Crippen LogP contribution in [0.5, 0.6) is 5.75 Å². The number of hydrogen-bond donors (Lipinski definition) is 2. The number of hydrogen-bond acceptors (Lipinski definition) is 6. The molecule has 36 heavy (non-hydrogen) atoms. The van der Waals surface area contributed by atoms with Gasteiger partial charge in [-0.1, -0.05) is 18.6 Å². The van der Waals surface area contributed by atoms with Gasteiger partial charge in [0.15, 0.2) is 0 Å². The van der Waals surface area contributed by atoms with Crippen molar-refractivity contribution < 1.29 is 19.4 Å². The summed E-state index contributed by atoms with van der Waals surface area (Å²) in [4.78, 5) is 19.2. The Morgan fingerprint density at radius 3 is 2.89 bits per heavy atom. The number of aryl methyl sites for hydroxylation is 2. The largest absolute Gasteiger partial charge is 0.496 e. The van der Waals surface area contributed by atoms with E-state index in [-0.39, 0.29) is 6.10 Å². The zero-order chi connectivity index (χ0) is 24.9. The van der Waals surface area contributed by atoms with Gasteiger partial charge in [0.1, 0.15) is 17.6 Å². The van der Waals surface area contributed by atoms with Crippen LogP contribution in [0.3, 0.4) is 0 Å². The van der Waals surface area contributed by atoms with E-state index in [4.69, 9.17) is 14.5 Å². The SMILES string of the molecule is COc1ccc(C2CC2)cc1C(C(=O)O)N1CC[C@@H](OCCCCCc2ccc3c(n2)NCCC3)C1. The molecule has 0 bridgehead atoms. The van der Waals surface area contributed by atoms with Crippen LogP contribution in [0.1, 0.15) is 79.3 Å². The molecule has 3 aliphatic rings. The summed E-state index contributed by atoms with van der Waals surface area (Å²) < 4.78 is 11.7. The molecule has 2 fully saturated rings. The van der Waals surface area contributed by atoms with Crippen molar-refractivity contribution in [2.24, 2.45) is 0 Å². The fraction of sp³-hybridized carbons (Fsp3) is 0.586.